The van der Waals surface area contributed by atoms with Crippen LogP contribution in [-0.2, 0) is 18.3 Å². The van der Waals surface area contributed by atoms with Gasteiger partial charge in [-0.05, 0) is 0 Å². The predicted molar refractivity (Wildman–Crippen MR) is 30.4 cm³/mol. The van der Waals surface area contributed by atoms with Gasteiger partial charge in [-0.3, -0.25) is 0 Å². The molecule has 0 heterocycles. The molecule has 0 aliphatic heterocycles. The summed E-state index contributed by atoms with van der Waals surface area (Å²) in [5.74, 6) is 0. The number of rotatable bonds is 0. The van der Waals surface area contributed by atoms with Gasteiger partial charge in [0.2, 0.25) is 0 Å². The molecule has 0 rings (SSSR count). The van der Waals surface area contributed by atoms with Crippen molar-refractivity contribution in [2.45, 2.75) is 0 Å². The number of hydrogen-bond donors (Lipinski definition) is 0. The Kier molecular flexibility index (Phi) is 223. The molecule has 0 amide bonds. The van der Waals surface area contributed by atoms with Gasteiger partial charge in [-0.25, -0.2) is 0 Å². The van der Waals surface area contributed by atoms with Gasteiger partial charge in [0, 0.05) is 0 Å². The van der Waals surface area contributed by atoms with Crippen molar-refractivity contribution in [1.29, 1.82) is 0 Å². The van der Waals surface area contributed by atoms with Gasteiger partial charge in [0.25, 0.3) is 33.0 Å². The van der Waals surface area contributed by atoms with E-state index in [0.29, 0.717) is 0 Å². The van der Waals surface area contributed by atoms with E-state index < -0.39 is 33.0 Å². The summed E-state index contributed by atoms with van der Waals surface area (Å²) in [5, 5.41) is 0. The normalized spacial score (nSPS) is 4.33. The van der Waals surface area contributed by atoms with E-state index in [2.05, 4.69) is 0 Å². The summed E-state index contributed by atoms with van der Waals surface area (Å²) in [7, 11) is -13.5. The molecular formula is Na8O12P4+4. The maximum Gasteiger partial charge on any atom is 1.00 e. The van der Waals surface area contributed by atoms with Gasteiger partial charge in [-0.15, -0.1) is 0 Å². The van der Waals surface area contributed by atoms with Crippen molar-refractivity contribution in [3.8, 4) is 0 Å². The van der Waals surface area contributed by atoms with Gasteiger partial charge in [-0.1, -0.05) is 18.3 Å². The van der Waals surface area contributed by atoms with Crippen LogP contribution in [-0.4, -0.2) is 0 Å². The largest absolute Gasteiger partial charge is 1.00 e. The van der Waals surface area contributed by atoms with Crippen molar-refractivity contribution in [3.63, 3.8) is 0 Å². The molecule has 12 nitrogen and oxygen atoms in total. The standard InChI is InChI=1S/8Na.4HO3P/c;;;;;;;;4*1-4(2)3/h;;;;;;;;4*(H,1,2,3)/q8*+1;;;;/p-4. The summed E-state index contributed by atoms with van der Waals surface area (Å²) >= 11 is 0. The topological polar surface area (TPSA) is 253 Å². The first-order valence-corrected chi connectivity index (χ1v) is 6.57. The second kappa shape index (κ2) is 69.7. The van der Waals surface area contributed by atoms with E-state index >= 15 is 0 Å². The van der Waals surface area contributed by atoms with Crippen LogP contribution < -0.4 is 276 Å². The Morgan fingerprint density at radius 2 is 0.292 bits per heavy atom. The molecule has 0 aromatic rings. The first-order chi connectivity index (χ1) is 6.93. The van der Waals surface area contributed by atoms with Crippen molar-refractivity contribution in [1.82, 2.24) is 0 Å². The molecule has 0 aliphatic carbocycles. The molecule has 0 spiro atoms. The molecule has 24 heteroatoms. The maximum atomic E-state index is 8.48. The molecule has 0 saturated carbocycles. The fourth-order valence-electron chi connectivity index (χ4n) is 0. The molecule has 0 unspecified atom stereocenters. The maximum absolute atomic E-state index is 8.48. The van der Waals surface area contributed by atoms with Crippen LogP contribution >= 0.6 is 33.0 Å². The zero-order valence-corrected chi connectivity index (χ0v) is 34.3. The molecule has 0 saturated heterocycles. The van der Waals surface area contributed by atoms with E-state index in [1.54, 1.807) is 0 Å². The van der Waals surface area contributed by atoms with E-state index in [1.807, 2.05) is 0 Å². The Balaban J connectivity index is -0.00000000720. The van der Waals surface area contributed by atoms with E-state index in [1.165, 1.54) is 0 Å². The molecule has 96 valence electrons. The van der Waals surface area contributed by atoms with Crippen LogP contribution in [0, 0.1) is 0 Å². The molecule has 0 aromatic carbocycles. The Labute approximate surface area is 319 Å². The van der Waals surface area contributed by atoms with Crippen LogP contribution in [0.5, 0.6) is 0 Å². The van der Waals surface area contributed by atoms with Crippen LogP contribution in [0.25, 0.3) is 0 Å². The second-order valence-electron chi connectivity index (χ2n) is 0.894. The van der Waals surface area contributed by atoms with Crippen LogP contribution in [0.4, 0.5) is 0 Å². The molecule has 0 radical (unpaired) electrons. The molecule has 0 aromatic heterocycles. The second-order valence-corrected chi connectivity index (χ2v) is 2.68. The summed E-state index contributed by atoms with van der Waals surface area (Å²) in [4.78, 5) is 67.9. The third-order valence-corrected chi connectivity index (χ3v) is 0. The zero-order chi connectivity index (χ0) is 14.3. The summed E-state index contributed by atoms with van der Waals surface area (Å²) in [6.45, 7) is 0. The van der Waals surface area contributed by atoms with Gasteiger partial charge in [0.15, 0.2) is 0 Å². The van der Waals surface area contributed by atoms with Gasteiger partial charge in [0.1, 0.15) is 0 Å². The van der Waals surface area contributed by atoms with E-state index in [9.17, 15) is 0 Å². The van der Waals surface area contributed by atoms with E-state index in [4.69, 9.17) is 57.4 Å². The summed E-state index contributed by atoms with van der Waals surface area (Å²) < 4.78 is 33.9. The molecule has 0 aliphatic rings. The minimum Gasteiger partial charge on any atom is -0.598 e. The van der Waals surface area contributed by atoms with Crippen LogP contribution in [0.1, 0.15) is 0 Å². The van der Waals surface area contributed by atoms with Crippen molar-refractivity contribution in [3.05, 3.63) is 0 Å². The van der Waals surface area contributed by atoms with E-state index in [0.717, 1.165) is 0 Å². The summed E-state index contributed by atoms with van der Waals surface area (Å²) in [6.07, 6.45) is 0. The van der Waals surface area contributed by atoms with Crippen molar-refractivity contribution in [2.24, 2.45) is 0 Å². The molecule has 0 N–H and O–H groups in total. The number of hydrogen-bond acceptors (Lipinski definition) is 12. The first kappa shape index (κ1) is 76.9. The predicted octanol–water partition coefficient (Wildman–Crippen LogP) is -30.5. The monoisotopic (exact) mass is 500 g/mol. The Morgan fingerprint density at radius 3 is 0.292 bits per heavy atom. The smallest absolute Gasteiger partial charge is 0.598 e. The van der Waals surface area contributed by atoms with Crippen LogP contribution in [0.2, 0.25) is 0 Å². The fourth-order valence-corrected chi connectivity index (χ4v) is 0. The van der Waals surface area contributed by atoms with Crippen LogP contribution in [0.15, 0.2) is 0 Å². The molecule has 0 fully saturated rings. The summed E-state index contributed by atoms with van der Waals surface area (Å²) in [5.41, 5.74) is 0. The Hall–Kier alpha value is 8.08. The van der Waals surface area contributed by atoms with Crippen molar-refractivity contribution >= 4 is 33.0 Å². The molecule has 0 bridgehead atoms. The van der Waals surface area contributed by atoms with Crippen molar-refractivity contribution in [2.75, 3.05) is 0 Å². The average molecular weight is 500 g/mol. The van der Waals surface area contributed by atoms with Gasteiger partial charge in [-0.2, -0.15) is 0 Å². The molecular weight excluding hydrogens is 500 g/mol. The quantitative estimate of drug-likeness (QED) is 0.222. The van der Waals surface area contributed by atoms with Crippen LogP contribution in [0.3, 0.4) is 0 Å². The minimum absolute atomic E-state index is 0. The fraction of sp³-hybridized carbons (Fsp3) is 0. The third-order valence-electron chi connectivity index (χ3n) is 0. The first-order valence-electron chi connectivity index (χ1n) is 2.19. The molecule has 0 atom stereocenters. The minimum atomic E-state index is -3.37. The van der Waals surface area contributed by atoms with Crippen molar-refractivity contribution < 1.29 is 294 Å². The molecule has 24 heavy (non-hydrogen) atoms. The van der Waals surface area contributed by atoms with Gasteiger partial charge in [0.05, 0.1) is 0 Å². The van der Waals surface area contributed by atoms with Gasteiger partial charge >= 0.3 is 236 Å². The third kappa shape index (κ3) is 390. The average Bonchev–Trinajstić information content (AvgIpc) is 1.76. The Bertz CT molecular complexity index is 175. The SMILES string of the molecule is O=[P+]([O-])[O-].O=[P+]([O-])[O-].O=[P+]([O-])[O-].O=[P+]([O-])[O-].[Na+].[Na+].[Na+].[Na+].[Na+].[Na+].[Na+].[Na+]. The Morgan fingerprint density at radius 1 is 0.292 bits per heavy atom. The zero-order valence-electron chi connectivity index (χ0n) is 14.7. The summed E-state index contributed by atoms with van der Waals surface area (Å²) in [6, 6.07) is 0. The van der Waals surface area contributed by atoms with E-state index in [-0.39, 0.29) is 236 Å². The van der Waals surface area contributed by atoms with Gasteiger partial charge < -0.3 is 39.1 Å².